The quantitative estimate of drug-likeness (QED) is 0.218. The van der Waals surface area contributed by atoms with E-state index in [0.717, 1.165) is 12.5 Å². The van der Waals surface area contributed by atoms with Gasteiger partial charge in [0.25, 0.3) is 0 Å². The number of halogens is 1. The van der Waals surface area contributed by atoms with Crippen molar-refractivity contribution in [2.45, 2.75) is 58.0 Å². The maximum absolute atomic E-state index is 5.96. The van der Waals surface area contributed by atoms with Crippen LogP contribution < -0.4 is 10.6 Å². The molecule has 1 fully saturated rings. The summed E-state index contributed by atoms with van der Waals surface area (Å²) in [6.07, 6.45) is 8.85. The second-order valence-electron chi connectivity index (χ2n) is 5.90. The lowest BCUT2D eigenvalue weighted by Crippen LogP contribution is -2.40. The smallest absolute Gasteiger partial charge is 0.228 e. The molecular weight excluding hydrogens is 421 g/mol. The van der Waals surface area contributed by atoms with Crippen LogP contribution in [0.4, 0.5) is 0 Å². The van der Waals surface area contributed by atoms with E-state index in [0.29, 0.717) is 37.4 Å². The number of aliphatic imine (C=N–C) groups is 1. The van der Waals surface area contributed by atoms with Crippen LogP contribution in [0.15, 0.2) is 9.52 Å². The maximum atomic E-state index is 5.96. The molecule has 0 atom stereocenters. The predicted molar refractivity (Wildman–Crippen MR) is 105 cm³/mol. The molecule has 1 aromatic rings. The van der Waals surface area contributed by atoms with Gasteiger partial charge in [0.05, 0.1) is 12.7 Å². The minimum Gasteiger partial charge on any atom is -0.376 e. The van der Waals surface area contributed by atoms with Crippen molar-refractivity contribution in [3.63, 3.8) is 0 Å². The molecule has 2 rings (SSSR count). The molecule has 0 bridgehead atoms. The molecule has 0 spiro atoms. The SMILES string of the molecule is CN=C(NCCOC1CCCCCC1)NCCc1nc(C)no1.I. The number of nitrogens with one attached hydrogen (secondary N) is 2. The van der Waals surface area contributed by atoms with E-state index in [1.165, 1.54) is 38.5 Å². The standard InChI is InChI=1S/C16H29N5O2.HI/c1-13-20-15(23-21-13)9-10-18-16(17-2)19-11-12-22-14-7-5-3-4-6-8-14;/h14H,3-12H2,1-2H3,(H2,17,18,19);1H. The second kappa shape index (κ2) is 12.5. The molecule has 1 heterocycles. The van der Waals surface area contributed by atoms with E-state index in [1.807, 2.05) is 6.92 Å². The molecule has 0 aromatic carbocycles. The molecule has 0 radical (unpaired) electrons. The fourth-order valence-corrected chi connectivity index (χ4v) is 2.75. The summed E-state index contributed by atoms with van der Waals surface area (Å²) in [6, 6.07) is 0. The van der Waals surface area contributed by atoms with Crippen molar-refractivity contribution in [3.05, 3.63) is 11.7 Å². The van der Waals surface area contributed by atoms with Gasteiger partial charge in [0.2, 0.25) is 5.89 Å². The Bertz CT molecular complexity index is 473. The highest BCUT2D eigenvalue weighted by atomic mass is 127. The lowest BCUT2D eigenvalue weighted by molar-refractivity contribution is 0.0468. The molecule has 0 aliphatic heterocycles. The summed E-state index contributed by atoms with van der Waals surface area (Å²) >= 11 is 0. The number of aryl methyl sites for hydroxylation is 1. The van der Waals surface area contributed by atoms with Gasteiger partial charge in [-0.25, -0.2) is 0 Å². The van der Waals surface area contributed by atoms with Gasteiger partial charge in [0.15, 0.2) is 11.8 Å². The Hall–Kier alpha value is -0.900. The lowest BCUT2D eigenvalue weighted by atomic mass is 10.1. The minimum absolute atomic E-state index is 0. The van der Waals surface area contributed by atoms with E-state index in [9.17, 15) is 0 Å². The Kier molecular flexibility index (Phi) is 11.0. The molecule has 2 N–H and O–H groups in total. The Morgan fingerprint density at radius 3 is 2.54 bits per heavy atom. The zero-order valence-electron chi connectivity index (χ0n) is 14.7. The fourth-order valence-electron chi connectivity index (χ4n) is 2.75. The molecule has 138 valence electrons. The number of nitrogens with zero attached hydrogens (tertiary/aromatic N) is 3. The van der Waals surface area contributed by atoms with E-state index in [1.54, 1.807) is 7.05 Å². The number of rotatable bonds is 7. The normalized spacial score (nSPS) is 16.3. The van der Waals surface area contributed by atoms with Gasteiger partial charge in [0.1, 0.15) is 0 Å². The van der Waals surface area contributed by atoms with E-state index < -0.39 is 0 Å². The highest BCUT2D eigenvalue weighted by molar-refractivity contribution is 14.0. The number of hydrogen-bond acceptors (Lipinski definition) is 5. The molecule has 0 saturated heterocycles. The average molecular weight is 451 g/mol. The topological polar surface area (TPSA) is 84.6 Å². The van der Waals surface area contributed by atoms with Gasteiger partial charge in [-0.15, -0.1) is 24.0 Å². The number of hydrogen-bond donors (Lipinski definition) is 2. The predicted octanol–water partition coefficient (Wildman–Crippen LogP) is 2.44. The molecule has 8 heteroatoms. The van der Waals surface area contributed by atoms with Gasteiger partial charge in [-0.3, -0.25) is 4.99 Å². The van der Waals surface area contributed by atoms with Crippen LogP contribution in [0.1, 0.15) is 50.2 Å². The largest absolute Gasteiger partial charge is 0.376 e. The maximum Gasteiger partial charge on any atom is 0.228 e. The van der Waals surface area contributed by atoms with Gasteiger partial charge in [0, 0.05) is 26.6 Å². The zero-order valence-corrected chi connectivity index (χ0v) is 17.0. The van der Waals surface area contributed by atoms with Crippen LogP contribution in [0.2, 0.25) is 0 Å². The summed E-state index contributed by atoms with van der Waals surface area (Å²) in [5.41, 5.74) is 0. The van der Waals surface area contributed by atoms with Crippen molar-refractivity contribution >= 4 is 29.9 Å². The Morgan fingerprint density at radius 2 is 1.92 bits per heavy atom. The molecule has 7 nitrogen and oxygen atoms in total. The third-order valence-corrected chi connectivity index (χ3v) is 3.97. The third kappa shape index (κ3) is 8.27. The van der Waals surface area contributed by atoms with Gasteiger partial charge in [-0.2, -0.15) is 4.98 Å². The van der Waals surface area contributed by atoms with Crippen LogP contribution in [0, 0.1) is 6.92 Å². The van der Waals surface area contributed by atoms with E-state index in [2.05, 4.69) is 25.8 Å². The monoisotopic (exact) mass is 451 g/mol. The molecular formula is C16H30IN5O2. The Morgan fingerprint density at radius 1 is 1.21 bits per heavy atom. The van der Waals surface area contributed by atoms with E-state index >= 15 is 0 Å². The Labute approximate surface area is 161 Å². The molecule has 1 aromatic heterocycles. The highest BCUT2D eigenvalue weighted by Crippen LogP contribution is 2.19. The first-order valence-corrected chi connectivity index (χ1v) is 8.63. The summed E-state index contributed by atoms with van der Waals surface area (Å²) in [6.45, 7) is 3.99. The van der Waals surface area contributed by atoms with Gasteiger partial charge >= 0.3 is 0 Å². The number of aromatic nitrogens is 2. The summed E-state index contributed by atoms with van der Waals surface area (Å²) in [5, 5.41) is 10.3. The first kappa shape index (κ1) is 21.1. The van der Waals surface area contributed by atoms with Gasteiger partial charge in [-0.1, -0.05) is 30.8 Å². The molecule has 24 heavy (non-hydrogen) atoms. The van der Waals surface area contributed by atoms with Crippen molar-refractivity contribution < 1.29 is 9.26 Å². The van der Waals surface area contributed by atoms with E-state index in [4.69, 9.17) is 9.26 Å². The fraction of sp³-hybridized carbons (Fsp3) is 0.812. The van der Waals surface area contributed by atoms with Crippen molar-refractivity contribution in [2.75, 3.05) is 26.7 Å². The molecule has 1 aliphatic carbocycles. The van der Waals surface area contributed by atoms with E-state index in [-0.39, 0.29) is 24.0 Å². The molecule has 0 amide bonds. The van der Waals surface area contributed by atoms with Crippen LogP contribution in [0.3, 0.4) is 0 Å². The number of ether oxygens (including phenoxy) is 1. The van der Waals surface area contributed by atoms with Crippen molar-refractivity contribution in [1.82, 2.24) is 20.8 Å². The zero-order chi connectivity index (χ0) is 16.3. The molecule has 0 unspecified atom stereocenters. The average Bonchev–Trinajstić information content (AvgIpc) is 2.81. The molecule has 1 saturated carbocycles. The minimum atomic E-state index is 0. The van der Waals surface area contributed by atoms with Crippen LogP contribution in [-0.4, -0.2) is 48.9 Å². The third-order valence-electron chi connectivity index (χ3n) is 3.97. The first-order valence-electron chi connectivity index (χ1n) is 8.63. The second-order valence-corrected chi connectivity index (χ2v) is 5.90. The highest BCUT2D eigenvalue weighted by Gasteiger charge is 2.12. The number of guanidine groups is 1. The summed E-state index contributed by atoms with van der Waals surface area (Å²) < 4.78 is 11.0. The summed E-state index contributed by atoms with van der Waals surface area (Å²) in [4.78, 5) is 8.37. The van der Waals surface area contributed by atoms with Crippen LogP contribution in [0.25, 0.3) is 0 Å². The van der Waals surface area contributed by atoms with Crippen molar-refractivity contribution in [2.24, 2.45) is 4.99 Å². The van der Waals surface area contributed by atoms with Gasteiger partial charge in [-0.05, 0) is 19.8 Å². The van der Waals surface area contributed by atoms with Crippen molar-refractivity contribution in [1.29, 1.82) is 0 Å². The van der Waals surface area contributed by atoms with Gasteiger partial charge < -0.3 is 19.9 Å². The summed E-state index contributed by atoms with van der Waals surface area (Å²) in [5.74, 6) is 2.08. The summed E-state index contributed by atoms with van der Waals surface area (Å²) in [7, 11) is 1.76. The van der Waals surface area contributed by atoms with Crippen LogP contribution in [0.5, 0.6) is 0 Å². The van der Waals surface area contributed by atoms with Crippen molar-refractivity contribution in [3.8, 4) is 0 Å². The Balaban J connectivity index is 0.00000288. The van der Waals surface area contributed by atoms with Crippen LogP contribution in [-0.2, 0) is 11.2 Å². The molecule has 1 aliphatic rings. The first-order chi connectivity index (χ1) is 11.3. The lowest BCUT2D eigenvalue weighted by Gasteiger charge is -2.16. The van der Waals surface area contributed by atoms with Crippen LogP contribution >= 0.6 is 24.0 Å².